The van der Waals surface area contributed by atoms with Crippen LogP contribution in [0.1, 0.15) is 57.1 Å². The molecule has 0 N–H and O–H groups in total. The molecule has 0 heterocycles. The summed E-state index contributed by atoms with van der Waals surface area (Å²) in [5.74, 6) is 4.75. The summed E-state index contributed by atoms with van der Waals surface area (Å²) in [6.45, 7) is 7.28. The predicted octanol–water partition coefficient (Wildman–Crippen LogP) is 4.86. The van der Waals surface area contributed by atoms with Crippen LogP contribution >= 0.6 is 0 Å². The summed E-state index contributed by atoms with van der Waals surface area (Å²) in [7, 11) is 1.76. The van der Waals surface area contributed by atoms with E-state index in [1.54, 1.807) is 12.7 Å². The second-order valence-corrected chi connectivity index (χ2v) is 9.71. The summed E-state index contributed by atoms with van der Waals surface area (Å²) in [6.07, 6.45) is 6.31. The Labute approximate surface area is 151 Å². The zero-order chi connectivity index (χ0) is 17.6. The Hall–Kier alpha value is -1.31. The van der Waals surface area contributed by atoms with Crippen molar-refractivity contribution in [3.63, 3.8) is 0 Å². The summed E-state index contributed by atoms with van der Waals surface area (Å²) in [4.78, 5) is 11.9. The van der Waals surface area contributed by atoms with Crippen molar-refractivity contribution in [2.75, 3.05) is 7.11 Å². The normalized spacial score (nSPS) is 49.4. The lowest BCUT2D eigenvalue weighted by molar-refractivity contribution is -0.120. The molecule has 0 unspecified atom stereocenters. The molecule has 25 heavy (non-hydrogen) atoms. The zero-order valence-electron chi connectivity index (χ0n) is 15.9. The van der Waals surface area contributed by atoms with E-state index in [-0.39, 0.29) is 11.3 Å². The number of carbonyl (C=O) groups is 1. The first-order valence-corrected chi connectivity index (χ1v) is 10.1. The summed E-state index contributed by atoms with van der Waals surface area (Å²) < 4.78 is 5.47. The lowest BCUT2D eigenvalue weighted by Crippen LogP contribution is -2.49. The van der Waals surface area contributed by atoms with E-state index in [0.717, 1.165) is 17.6 Å². The molecule has 2 heteroatoms. The summed E-state index contributed by atoms with van der Waals surface area (Å²) >= 11 is 0. The van der Waals surface area contributed by atoms with Gasteiger partial charge in [-0.15, -0.1) is 0 Å². The van der Waals surface area contributed by atoms with Gasteiger partial charge >= 0.3 is 0 Å². The first-order valence-electron chi connectivity index (χ1n) is 10.1. The minimum atomic E-state index is 0.234. The van der Waals surface area contributed by atoms with Gasteiger partial charge in [-0.05, 0) is 89.4 Å². The number of carbonyl (C=O) groups excluding carboxylic acids is 1. The molecule has 0 bridgehead atoms. The molecule has 3 saturated carbocycles. The van der Waals surface area contributed by atoms with Crippen molar-refractivity contribution in [3.05, 3.63) is 29.3 Å². The maximum Gasteiger partial charge on any atom is 0.123 e. The molecule has 1 aromatic rings. The van der Waals surface area contributed by atoms with Gasteiger partial charge in [0.05, 0.1) is 7.11 Å². The van der Waals surface area contributed by atoms with Crippen molar-refractivity contribution in [2.45, 2.75) is 52.4 Å². The Morgan fingerprint density at radius 1 is 1.28 bits per heavy atom. The molecular weight excluding hydrogens is 308 g/mol. The summed E-state index contributed by atoms with van der Waals surface area (Å²) in [6, 6.07) is 6.75. The molecule has 134 valence electrons. The number of rotatable bonds is 2. The second kappa shape index (κ2) is 4.90. The SMILES string of the molecule is COc1ccc2c(c1)C[C@@H](C)[C@@H]1[C@@H]2CC[C@]2(C)[C@H](C=O)[C@@H](C)[C@H]3C[C@]132. The largest absolute Gasteiger partial charge is 0.497 e. The molecule has 0 amide bonds. The molecule has 0 aliphatic heterocycles. The van der Waals surface area contributed by atoms with Crippen molar-refractivity contribution in [3.8, 4) is 5.75 Å². The fraction of sp³-hybridized carbons (Fsp3) is 0.696. The average Bonchev–Trinajstić information content (AvgIpc) is 3.30. The fourth-order valence-electron chi connectivity index (χ4n) is 8.16. The van der Waals surface area contributed by atoms with Crippen LogP contribution in [-0.2, 0) is 11.2 Å². The Morgan fingerprint density at radius 2 is 2.08 bits per heavy atom. The molecule has 0 aromatic heterocycles. The van der Waals surface area contributed by atoms with Crippen LogP contribution in [0.5, 0.6) is 5.75 Å². The Morgan fingerprint density at radius 3 is 2.80 bits per heavy atom. The number of hydrogen-bond acceptors (Lipinski definition) is 2. The lowest BCUT2D eigenvalue weighted by Gasteiger charge is -2.55. The van der Waals surface area contributed by atoms with Crippen LogP contribution in [0.4, 0.5) is 0 Å². The van der Waals surface area contributed by atoms with E-state index in [1.165, 1.54) is 37.5 Å². The van der Waals surface area contributed by atoms with E-state index < -0.39 is 0 Å². The number of ether oxygens (including phenoxy) is 1. The number of fused-ring (bicyclic) bond motifs is 3. The summed E-state index contributed by atoms with van der Waals surface area (Å²) in [5, 5.41) is 0. The van der Waals surface area contributed by atoms with Gasteiger partial charge in [0, 0.05) is 5.92 Å². The number of hydrogen-bond donors (Lipinski definition) is 0. The Balaban J connectivity index is 1.61. The van der Waals surface area contributed by atoms with Crippen LogP contribution in [0.3, 0.4) is 0 Å². The maximum absolute atomic E-state index is 11.9. The molecule has 1 spiro atoms. The van der Waals surface area contributed by atoms with Gasteiger partial charge in [0.1, 0.15) is 12.0 Å². The highest BCUT2D eigenvalue weighted by molar-refractivity contribution is 5.59. The highest BCUT2D eigenvalue weighted by Gasteiger charge is 2.79. The average molecular weight is 338 g/mol. The van der Waals surface area contributed by atoms with Crippen molar-refractivity contribution in [1.29, 1.82) is 0 Å². The zero-order valence-corrected chi connectivity index (χ0v) is 15.9. The van der Waals surface area contributed by atoms with Gasteiger partial charge in [0.25, 0.3) is 0 Å². The van der Waals surface area contributed by atoms with E-state index in [2.05, 4.69) is 39.0 Å². The number of benzene rings is 1. The third-order valence-electron chi connectivity index (χ3n) is 9.11. The van der Waals surface area contributed by atoms with Crippen LogP contribution < -0.4 is 4.74 Å². The minimum absolute atomic E-state index is 0.234. The van der Waals surface area contributed by atoms with Gasteiger partial charge in [0.15, 0.2) is 0 Å². The van der Waals surface area contributed by atoms with E-state index >= 15 is 0 Å². The van der Waals surface area contributed by atoms with E-state index in [4.69, 9.17) is 4.74 Å². The highest BCUT2D eigenvalue weighted by Crippen LogP contribution is 2.84. The van der Waals surface area contributed by atoms with Crippen molar-refractivity contribution in [2.24, 2.45) is 40.4 Å². The molecule has 0 saturated heterocycles. The van der Waals surface area contributed by atoms with Gasteiger partial charge in [-0.3, -0.25) is 0 Å². The molecule has 5 rings (SSSR count). The minimum Gasteiger partial charge on any atom is -0.497 e. The van der Waals surface area contributed by atoms with Crippen molar-refractivity contribution < 1.29 is 9.53 Å². The molecule has 2 nitrogen and oxygen atoms in total. The predicted molar refractivity (Wildman–Crippen MR) is 98.7 cm³/mol. The van der Waals surface area contributed by atoms with Gasteiger partial charge in [-0.2, -0.15) is 0 Å². The van der Waals surface area contributed by atoms with Gasteiger partial charge in [-0.25, -0.2) is 0 Å². The van der Waals surface area contributed by atoms with Crippen LogP contribution in [-0.4, -0.2) is 13.4 Å². The lowest BCUT2D eigenvalue weighted by atomic mass is 9.49. The van der Waals surface area contributed by atoms with E-state index in [0.29, 0.717) is 23.2 Å². The molecule has 3 fully saturated rings. The first kappa shape index (κ1) is 15.9. The van der Waals surface area contributed by atoms with Crippen LogP contribution in [0.15, 0.2) is 18.2 Å². The van der Waals surface area contributed by atoms with Gasteiger partial charge < -0.3 is 9.53 Å². The molecule has 1 aromatic carbocycles. The van der Waals surface area contributed by atoms with E-state index in [1.807, 2.05) is 0 Å². The van der Waals surface area contributed by atoms with Crippen LogP contribution in [0.25, 0.3) is 0 Å². The molecule has 0 radical (unpaired) electrons. The fourth-order valence-corrected chi connectivity index (χ4v) is 8.16. The second-order valence-electron chi connectivity index (χ2n) is 9.71. The Bertz CT molecular complexity index is 740. The molecular formula is C23H30O2. The van der Waals surface area contributed by atoms with Crippen molar-refractivity contribution in [1.82, 2.24) is 0 Å². The standard InChI is InChI=1S/C23H30O2/c1-13-9-15-10-16(25-4)5-6-17(15)18-7-8-22(3)20(12-24)14(2)19-11-23(19,22)21(13)18/h5-6,10,12-14,18-21H,7-9,11H2,1-4H3/t13-,14+,18-,19-,20-,21-,22-,23-/m1/s1. The number of aldehydes is 1. The van der Waals surface area contributed by atoms with Gasteiger partial charge in [-0.1, -0.05) is 26.8 Å². The molecule has 8 atom stereocenters. The highest BCUT2D eigenvalue weighted by atomic mass is 16.5. The first-order chi connectivity index (χ1) is 12.0. The summed E-state index contributed by atoms with van der Waals surface area (Å²) in [5.41, 5.74) is 3.74. The van der Waals surface area contributed by atoms with Crippen molar-refractivity contribution >= 4 is 6.29 Å². The smallest absolute Gasteiger partial charge is 0.123 e. The van der Waals surface area contributed by atoms with Gasteiger partial charge in [0.2, 0.25) is 0 Å². The van der Waals surface area contributed by atoms with Crippen LogP contribution in [0.2, 0.25) is 0 Å². The molecule has 4 aliphatic carbocycles. The van der Waals surface area contributed by atoms with Crippen LogP contribution in [0, 0.1) is 40.4 Å². The third kappa shape index (κ3) is 1.70. The quantitative estimate of drug-likeness (QED) is 0.720. The number of methoxy groups -OCH3 is 1. The topological polar surface area (TPSA) is 26.3 Å². The van der Waals surface area contributed by atoms with E-state index in [9.17, 15) is 4.79 Å². The third-order valence-corrected chi connectivity index (χ3v) is 9.11. The Kier molecular flexibility index (Phi) is 3.12. The maximum atomic E-state index is 11.9. The monoisotopic (exact) mass is 338 g/mol. The molecule has 4 aliphatic rings.